The Labute approximate surface area is 193 Å². The van der Waals surface area contributed by atoms with E-state index in [2.05, 4.69) is 36.4 Å². The first-order valence-electron chi connectivity index (χ1n) is 11.0. The van der Waals surface area contributed by atoms with Gasteiger partial charge < -0.3 is 10.6 Å². The Morgan fingerprint density at radius 1 is 1.06 bits per heavy atom. The van der Waals surface area contributed by atoms with E-state index in [1.807, 2.05) is 31.2 Å². The van der Waals surface area contributed by atoms with Crippen LogP contribution in [0.2, 0.25) is 0 Å². The number of nitrogens with zero attached hydrogens (tertiary/aromatic N) is 1. The van der Waals surface area contributed by atoms with E-state index in [1.54, 1.807) is 18.3 Å². The summed E-state index contributed by atoms with van der Waals surface area (Å²) in [6.07, 6.45) is 5.97. The van der Waals surface area contributed by atoms with Crippen molar-refractivity contribution >= 4 is 33.8 Å². The Balaban J connectivity index is 1.68. The number of aromatic nitrogens is 1. The lowest BCUT2D eigenvalue weighted by atomic mass is 9.72. The predicted octanol–water partition coefficient (Wildman–Crippen LogP) is 6.11. The predicted molar refractivity (Wildman–Crippen MR) is 131 cm³/mol. The third kappa shape index (κ3) is 4.75. The molecule has 0 saturated heterocycles. The van der Waals surface area contributed by atoms with Crippen molar-refractivity contribution in [3.63, 3.8) is 0 Å². The smallest absolute Gasteiger partial charge is 0.258 e. The molecule has 32 heavy (non-hydrogen) atoms. The average Bonchev–Trinajstić information content (AvgIpc) is 3.12. The van der Waals surface area contributed by atoms with E-state index in [0.717, 1.165) is 36.1 Å². The molecule has 0 bridgehead atoms. The van der Waals surface area contributed by atoms with Crippen LogP contribution in [0.1, 0.15) is 63.9 Å². The second-order valence-corrected chi connectivity index (χ2v) is 10.6. The van der Waals surface area contributed by atoms with Crippen molar-refractivity contribution in [3.8, 4) is 0 Å². The summed E-state index contributed by atoms with van der Waals surface area (Å²) in [5.74, 6) is 0.110. The van der Waals surface area contributed by atoms with Crippen molar-refractivity contribution < 1.29 is 9.59 Å². The third-order valence-electron chi connectivity index (χ3n) is 6.18. The van der Waals surface area contributed by atoms with Gasteiger partial charge in [0.2, 0.25) is 0 Å². The number of carbonyl (C=O) groups is 2. The van der Waals surface area contributed by atoms with Crippen LogP contribution < -0.4 is 10.6 Å². The van der Waals surface area contributed by atoms with Crippen LogP contribution in [0.25, 0.3) is 0 Å². The molecule has 0 aliphatic heterocycles. The van der Waals surface area contributed by atoms with Crippen molar-refractivity contribution in [2.75, 3.05) is 10.6 Å². The van der Waals surface area contributed by atoms with Crippen LogP contribution in [0.5, 0.6) is 0 Å². The van der Waals surface area contributed by atoms with E-state index < -0.39 is 0 Å². The maximum absolute atomic E-state index is 13.4. The van der Waals surface area contributed by atoms with Crippen LogP contribution in [0, 0.1) is 18.3 Å². The van der Waals surface area contributed by atoms with Gasteiger partial charge in [0.25, 0.3) is 11.8 Å². The molecule has 2 heterocycles. The summed E-state index contributed by atoms with van der Waals surface area (Å²) < 4.78 is 0. The normalized spacial score (nSPS) is 15.7. The van der Waals surface area contributed by atoms with E-state index in [-0.39, 0.29) is 17.2 Å². The maximum atomic E-state index is 13.4. The molecule has 2 amide bonds. The lowest BCUT2D eigenvalue weighted by Crippen LogP contribution is -2.27. The molecule has 0 saturated carbocycles. The molecule has 0 unspecified atom stereocenters. The largest absolute Gasteiger partial charge is 0.322 e. The number of pyridine rings is 1. The molecule has 0 radical (unpaired) electrons. The number of fused-ring (bicyclic) bond motifs is 1. The molecule has 0 fully saturated rings. The molecule has 2 N–H and O–H groups in total. The summed E-state index contributed by atoms with van der Waals surface area (Å²) in [4.78, 5) is 31.5. The Morgan fingerprint density at radius 2 is 1.81 bits per heavy atom. The summed E-state index contributed by atoms with van der Waals surface area (Å²) in [7, 11) is 0. The highest BCUT2D eigenvalue weighted by atomic mass is 32.1. The molecule has 1 aromatic carbocycles. The molecule has 2 aromatic heterocycles. The highest BCUT2D eigenvalue weighted by Gasteiger charge is 2.34. The Morgan fingerprint density at radius 3 is 2.47 bits per heavy atom. The molecule has 4 rings (SSSR count). The summed E-state index contributed by atoms with van der Waals surface area (Å²) in [5.41, 5.74) is 4.21. The van der Waals surface area contributed by atoms with Crippen molar-refractivity contribution in [2.24, 2.45) is 11.3 Å². The minimum Gasteiger partial charge on any atom is -0.322 e. The summed E-state index contributed by atoms with van der Waals surface area (Å²) >= 11 is 1.53. The fourth-order valence-corrected chi connectivity index (χ4v) is 5.48. The van der Waals surface area contributed by atoms with Gasteiger partial charge in [-0.2, -0.15) is 0 Å². The van der Waals surface area contributed by atoms with Gasteiger partial charge in [-0.3, -0.25) is 14.6 Å². The number of benzene rings is 1. The molecule has 166 valence electrons. The summed E-state index contributed by atoms with van der Waals surface area (Å²) in [6, 6.07) is 11.2. The average molecular weight is 448 g/mol. The first kappa shape index (κ1) is 22.2. The van der Waals surface area contributed by atoms with Crippen LogP contribution in [0.15, 0.2) is 48.8 Å². The van der Waals surface area contributed by atoms with Gasteiger partial charge in [-0.25, -0.2) is 0 Å². The third-order valence-corrected chi connectivity index (χ3v) is 7.35. The SMILES string of the molecule is Cc1ccc(NC(=O)c2c(NC(=O)c3cccnc3)sc3c2CC[C@@H](C(C)(C)C)C3)cc1. The van der Waals surface area contributed by atoms with Crippen LogP contribution in [-0.4, -0.2) is 16.8 Å². The lowest BCUT2D eigenvalue weighted by molar-refractivity contribution is 0.102. The van der Waals surface area contributed by atoms with E-state index >= 15 is 0 Å². The number of thiophene rings is 1. The van der Waals surface area contributed by atoms with Gasteiger partial charge in [0.1, 0.15) is 5.00 Å². The number of aryl methyl sites for hydroxylation is 1. The first-order chi connectivity index (χ1) is 15.2. The minimum absolute atomic E-state index is 0.179. The van der Waals surface area contributed by atoms with Gasteiger partial charge in [-0.05, 0) is 67.3 Å². The van der Waals surface area contributed by atoms with E-state index in [0.29, 0.717) is 22.0 Å². The van der Waals surface area contributed by atoms with Crippen LogP contribution >= 0.6 is 11.3 Å². The first-order valence-corrected chi connectivity index (χ1v) is 11.8. The molecule has 1 aliphatic carbocycles. The number of hydrogen-bond donors (Lipinski definition) is 2. The molecular weight excluding hydrogens is 418 g/mol. The molecule has 6 heteroatoms. The fraction of sp³-hybridized carbons (Fsp3) is 0.346. The van der Waals surface area contributed by atoms with E-state index in [9.17, 15) is 9.59 Å². The summed E-state index contributed by atoms with van der Waals surface area (Å²) in [6.45, 7) is 8.82. The highest BCUT2D eigenvalue weighted by Crippen LogP contribution is 2.44. The van der Waals surface area contributed by atoms with Gasteiger partial charge in [0, 0.05) is 23.0 Å². The van der Waals surface area contributed by atoms with Crippen molar-refractivity contribution in [2.45, 2.75) is 47.0 Å². The monoisotopic (exact) mass is 447 g/mol. The molecule has 1 aliphatic rings. The van der Waals surface area contributed by atoms with Gasteiger partial charge in [0.15, 0.2) is 0 Å². The van der Waals surface area contributed by atoms with Gasteiger partial charge in [-0.15, -0.1) is 11.3 Å². The maximum Gasteiger partial charge on any atom is 0.258 e. The molecule has 3 aromatic rings. The highest BCUT2D eigenvalue weighted by molar-refractivity contribution is 7.17. The fourth-order valence-electron chi connectivity index (χ4n) is 4.16. The van der Waals surface area contributed by atoms with Crippen molar-refractivity contribution in [1.29, 1.82) is 0 Å². The molecular formula is C26H29N3O2S. The quantitative estimate of drug-likeness (QED) is 0.507. The van der Waals surface area contributed by atoms with Gasteiger partial charge in [0.05, 0.1) is 11.1 Å². The Hall–Kier alpha value is -2.99. The molecule has 5 nitrogen and oxygen atoms in total. The number of nitrogens with one attached hydrogen (secondary N) is 2. The zero-order valence-corrected chi connectivity index (χ0v) is 19.8. The molecule has 1 atom stereocenters. The topological polar surface area (TPSA) is 71.1 Å². The van der Waals surface area contributed by atoms with Crippen LogP contribution in [0.4, 0.5) is 10.7 Å². The van der Waals surface area contributed by atoms with Crippen LogP contribution in [0.3, 0.4) is 0 Å². The van der Waals surface area contributed by atoms with Crippen molar-refractivity contribution in [3.05, 3.63) is 75.9 Å². The van der Waals surface area contributed by atoms with Gasteiger partial charge >= 0.3 is 0 Å². The van der Waals surface area contributed by atoms with E-state index in [4.69, 9.17) is 0 Å². The van der Waals surface area contributed by atoms with Gasteiger partial charge in [-0.1, -0.05) is 38.5 Å². The lowest BCUT2D eigenvalue weighted by Gasteiger charge is -2.33. The number of carbonyl (C=O) groups excluding carboxylic acids is 2. The zero-order valence-electron chi connectivity index (χ0n) is 19.0. The van der Waals surface area contributed by atoms with Crippen molar-refractivity contribution in [1.82, 2.24) is 4.98 Å². The summed E-state index contributed by atoms with van der Waals surface area (Å²) in [5, 5.41) is 6.63. The standard InChI is InChI=1S/C26H29N3O2S/c1-16-7-10-19(11-8-16)28-24(31)22-20-12-9-18(26(2,3)4)14-21(20)32-25(22)29-23(30)17-6-5-13-27-15-17/h5-8,10-11,13,15,18H,9,12,14H2,1-4H3,(H,28,31)(H,29,30)/t18-/m1/s1. The zero-order chi connectivity index (χ0) is 22.9. The van der Waals surface area contributed by atoms with E-state index in [1.165, 1.54) is 22.4 Å². The number of rotatable bonds is 4. The van der Waals surface area contributed by atoms with Crippen LogP contribution in [-0.2, 0) is 12.8 Å². The minimum atomic E-state index is -0.256. The molecule has 0 spiro atoms. The Kier molecular flexibility index (Phi) is 6.15. The second kappa shape index (κ2) is 8.87. The second-order valence-electron chi connectivity index (χ2n) is 9.53. The Bertz CT molecular complexity index is 1130. The number of hydrogen-bond acceptors (Lipinski definition) is 4. The number of amides is 2. The number of anilines is 2.